The first-order chi connectivity index (χ1) is 17.0. The first-order valence-electron chi connectivity index (χ1n) is 12.6. The number of piperazine rings is 1. The minimum Gasteiger partial charge on any atom is -0.369 e. The van der Waals surface area contributed by atoms with Crippen molar-refractivity contribution in [2.45, 2.75) is 44.6 Å². The number of rotatable bonds is 8. The number of hydrogen-bond donors (Lipinski definition) is 3. The van der Waals surface area contributed by atoms with E-state index >= 15 is 0 Å². The maximum atomic E-state index is 13.4. The van der Waals surface area contributed by atoms with Gasteiger partial charge in [-0.1, -0.05) is 12.8 Å². The quantitative estimate of drug-likeness (QED) is 0.217. The van der Waals surface area contributed by atoms with Gasteiger partial charge in [-0.15, -0.1) is 0 Å². The van der Waals surface area contributed by atoms with Gasteiger partial charge in [-0.2, -0.15) is 0 Å². The molecule has 1 aliphatic carbocycles. The summed E-state index contributed by atoms with van der Waals surface area (Å²) in [5.74, 6) is -1.71. The summed E-state index contributed by atoms with van der Waals surface area (Å²) in [6.07, 6.45) is 5.16. The molecule has 0 bridgehead atoms. The number of nitrogens with zero attached hydrogens (tertiary/aromatic N) is 3. The number of nitrogens with one attached hydrogen (secondary N) is 2. The molecule has 10 nitrogen and oxygen atoms in total. The summed E-state index contributed by atoms with van der Waals surface area (Å²) in [6, 6.07) is 6.46. The molecule has 4 amide bonds. The zero-order valence-corrected chi connectivity index (χ0v) is 20.0. The van der Waals surface area contributed by atoms with Crippen molar-refractivity contribution < 1.29 is 24.4 Å². The van der Waals surface area contributed by atoms with E-state index in [2.05, 4.69) is 15.5 Å². The Hall–Kier alpha value is -2.98. The number of carbonyl (C=O) groups excluding carboxylic acids is 4. The smallest absolute Gasteiger partial charge is 0.257 e. The standard InChI is InChI=1S/C25H35N5O5/c31-17-29(35)16-21(18-4-1-2-5-18)25(34)30-13-3-6-22(30)24(33)27-23(32)19-7-9-20(10-8-19)28-14-11-26-12-15-28/h7-10,17-18,21-22,26,35H,1-6,11-16H2,(H,27,32,33)/t21?,22-/m0/s1. The zero-order chi connectivity index (χ0) is 24.8. The molecule has 2 saturated heterocycles. The topological polar surface area (TPSA) is 122 Å². The molecule has 190 valence electrons. The average Bonchev–Trinajstić information content (AvgIpc) is 3.60. The molecule has 0 aromatic heterocycles. The van der Waals surface area contributed by atoms with Crippen LogP contribution >= 0.6 is 0 Å². The number of amides is 4. The van der Waals surface area contributed by atoms with Crippen LogP contribution in [0.2, 0.25) is 0 Å². The van der Waals surface area contributed by atoms with E-state index in [1.54, 1.807) is 12.1 Å². The highest BCUT2D eigenvalue weighted by molar-refractivity contribution is 6.07. The first kappa shape index (κ1) is 25.1. The fourth-order valence-corrected chi connectivity index (χ4v) is 5.56. The zero-order valence-electron chi connectivity index (χ0n) is 20.0. The Labute approximate surface area is 205 Å². The predicted octanol–water partition coefficient (Wildman–Crippen LogP) is 0.998. The van der Waals surface area contributed by atoms with Gasteiger partial charge in [0.05, 0.1) is 12.5 Å². The molecular weight excluding hydrogens is 450 g/mol. The second kappa shape index (κ2) is 11.6. The number of hydrogen-bond acceptors (Lipinski definition) is 7. The molecule has 35 heavy (non-hydrogen) atoms. The van der Waals surface area contributed by atoms with Gasteiger partial charge in [-0.05, 0) is 55.9 Å². The van der Waals surface area contributed by atoms with Gasteiger partial charge in [0.15, 0.2) is 0 Å². The highest BCUT2D eigenvalue weighted by Gasteiger charge is 2.41. The van der Waals surface area contributed by atoms with Gasteiger partial charge in [-0.3, -0.25) is 29.7 Å². The van der Waals surface area contributed by atoms with Crippen LogP contribution in [0.1, 0.15) is 48.9 Å². The highest BCUT2D eigenvalue weighted by atomic mass is 16.5. The molecule has 3 N–H and O–H groups in total. The Morgan fingerprint density at radius 3 is 2.40 bits per heavy atom. The predicted molar refractivity (Wildman–Crippen MR) is 129 cm³/mol. The second-order valence-electron chi connectivity index (χ2n) is 9.67. The largest absolute Gasteiger partial charge is 0.369 e. The Morgan fingerprint density at radius 2 is 1.74 bits per heavy atom. The van der Waals surface area contributed by atoms with Gasteiger partial charge in [0.1, 0.15) is 6.04 Å². The van der Waals surface area contributed by atoms with Crippen molar-refractivity contribution in [3.05, 3.63) is 29.8 Å². The molecule has 1 aromatic rings. The van der Waals surface area contributed by atoms with Crippen LogP contribution in [0.4, 0.5) is 5.69 Å². The molecule has 0 spiro atoms. The van der Waals surface area contributed by atoms with Crippen molar-refractivity contribution >= 4 is 29.8 Å². The van der Waals surface area contributed by atoms with E-state index in [4.69, 9.17) is 0 Å². The highest BCUT2D eigenvalue weighted by Crippen LogP contribution is 2.34. The van der Waals surface area contributed by atoms with Crippen LogP contribution in [0.25, 0.3) is 0 Å². The average molecular weight is 486 g/mol. The molecule has 4 rings (SSSR count). The van der Waals surface area contributed by atoms with Gasteiger partial charge >= 0.3 is 0 Å². The SMILES string of the molecule is O=CN(O)CC(C(=O)N1CCC[C@H]1C(=O)NC(=O)c1ccc(N2CCNCC2)cc1)C1CCCC1. The van der Waals surface area contributed by atoms with Gasteiger partial charge < -0.3 is 15.1 Å². The van der Waals surface area contributed by atoms with E-state index < -0.39 is 23.8 Å². The molecular formula is C25H35N5O5. The molecule has 3 aliphatic rings. The lowest BCUT2D eigenvalue weighted by Crippen LogP contribution is -2.51. The maximum Gasteiger partial charge on any atom is 0.257 e. The van der Waals surface area contributed by atoms with E-state index in [1.165, 1.54) is 4.90 Å². The summed E-state index contributed by atoms with van der Waals surface area (Å²) < 4.78 is 0. The van der Waals surface area contributed by atoms with Gasteiger partial charge in [0.25, 0.3) is 5.91 Å². The van der Waals surface area contributed by atoms with Crippen LogP contribution in [0.5, 0.6) is 0 Å². The molecule has 1 aromatic carbocycles. The van der Waals surface area contributed by atoms with Gasteiger partial charge in [0.2, 0.25) is 18.2 Å². The Bertz CT molecular complexity index is 911. The van der Waals surface area contributed by atoms with Crippen molar-refractivity contribution in [3.8, 4) is 0 Å². The van der Waals surface area contributed by atoms with Crippen LogP contribution in [0, 0.1) is 11.8 Å². The van der Waals surface area contributed by atoms with E-state index in [1.807, 2.05) is 12.1 Å². The lowest BCUT2D eigenvalue weighted by molar-refractivity contribution is -0.159. The van der Waals surface area contributed by atoms with Crippen molar-refractivity contribution in [3.63, 3.8) is 0 Å². The number of likely N-dealkylation sites (tertiary alicyclic amines) is 1. The van der Waals surface area contributed by atoms with Crippen molar-refractivity contribution in [2.24, 2.45) is 11.8 Å². The normalized spacial score (nSPS) is 21.6. The monoisotopic (exact) mass is 485 g/mol. The van der Waals surface area contributed by atoms with Crippen molar-refractivity contribution in [1.29, 1.82) is 0 Å². The molecule has 2 aliphatic heterocycles. The third-order valence-electron chi connectivity index (χ3n) is 7.48. The molecule has 1 saturated carbocycles. The van der Waals surface area contributed by atoms with Crippen LogP contribution in [0.15, 0.2) is 24.3 Å². The van der Waals surface area contributed by atoms with Crippen molar-refractivity contribution in [2.75, 3.05) is 44.2 Å². The third-order valence-corrected chi connectivity index (χ3v) is 7.48. The molecule has 0 radical (unpaired) electrons. The lowest BCUT2D eigenvalue weighted by Gasteiger charge is -2.31. The van der Waals surface area contributed by atoms with Crippen LogP contribution in [-0.4, -0.2) is 84.6 Å². The summed E-state index contributed by atoms with van der Waals surface area (Å²) in [5, 5.41) is 16.1. The molecule has 2 heterocycles. The van der Waals surface area contributed by atoms with E-state index in [0.717, 1.165) is 57.5 Å². The molecule has 2 atom stereocenters. The summed E-state index contributed by atoms with van der Waals surface area (Å²) in [7, 11) is 0. The lowest BCUT2D eigenvalue weighted by atomic mass is 9.89. The Kier molecular flexibility index (Phi) is 8.35. The Morgan fingerprint density at radius 1 is 1.06 bits per heavy atom. The number of carbonyl (C=O) groups is 4. The fourth-order valence-electron chi connectivity index (χ4n) is 5.56. The van der Waals surface area contributed by atoms with Crippen LogP contribution < -0.4 is 15.5 Å². The summed E-state index contributed by atoms with van der Waals surface area (Å²) >= 11 is 0. The molecule has 10 heteroatoms. The van der Waals surface area contributed by atoms with E-state index in [-0.39, 0.29) is 18.4 Å². The van der Waals surface area contributed by atoms with Gasteiger partial charge in [0, 0.05) is 44.0 Å². The molecule has 1 unspecified atom stereocenters. The van der Waals surface area contributed by atoms with Crippen LogP contribution in [-0.2, 0) is 14.4 Å². The molecule has 3 fully saturated rings. The van der Waals surface area contributed by atoms with Crippen molar-refractivity contribution in [1.82, 2.24) is 20.6 Å². The first-order valence-corrected chi connectivity index (χ1v) is 12.6. The number of imide groups is 1. The second-order valence-corrected chi connectivity index (χ2v) is 9.67. The van der Waals surface area contributed by atoms with E-state index in [9.17, 15) is 24.4 Å². The maximum absolute atomic E-state index is 13.4. The minimum atomic E-state index is -0.737. The minimum absolute atomic E-state index is 0.0669. The number of hydroxylamine groups is 2. The summed E-state index contributed by atoms with van der Waals surface area (Å²) in [5.41, 5.74) is 1.42. The summed E-state index contributed by atoms with van der Waals surface area (Å²) in [4.78, 5) is 54.0. The Balaban J connectivity index is 1.39. The van der Waals surface area contributed by atoms with Crippen LogP contribution in [0.3, 0.4) is 0 Å². The van der Waals surface area contributed by atoms with E-state index in [0.29, 0.717) is 36.4 Å². The van der Waals surface area contributed by atoms with Gasteiger partial charge in [-0.25, -0.2) is 5.06 Å². The number of benzene rings is 1. The third kappa shape index (κ3) is 5.99. The summed E-state index contributed by atoms with van der Waals surface area (Å²) in [6.45, 7) is 3.97. The fraction of sp³-hybridized carbons (Fsp3) is 0.600. The number of anilines is 1.